The molecule has 4 nitrogen and oxygen atoms in total. The molecule has 1 aliphatic heterocycles. The second kappa shape index (κ2) is 12.1. The zero-order valence-corrected chi connectivity index (χ0v) is 23.3. The van der Waals surface area contributed by atoms with Crippen LogP contribution in [0.3, 0.4) is 0 Å². The summed E-state index contributed by atoms with van der Waals surface area (Å²) in [7, 11) is -3.42. The predicted molar refractivity (Wildman–Crippen MR) is 163 cm³/mol. The number of rotatable bonds is 9. The molecule has 1 saturated heterocycles. The highest BCUT2D eigenvalue weighted by Gasteiger charge is 2.37. The van der Waals surface area contributed by atoms with E-state index in [2.05, 4.69) is 82.6 Å². The third-order valence-electron chi connectivity index (χ3n) is 7.44. The van der Waals surface area contributed by atoms with Crippen molar-refractivity contribution in [2.75, 3.05) is 13.1 Å². The molecule has 5 heteroatoms. The Kier molecular flexibility index (Phi) is 7.92. The fraction of sp³-hybridized carbons (Fsp3) is 0.143. The molecule has 0 atom stereocenters. The first-order valence-corrected chi connectivity index (χ1v) is 15.4. The van der Waals surface area contributed by atoms with Gasteiger partial charge in [0.1, 0.15) is 5.75 Å². The quantitative estimate of drug-likeness (QED) is 0.187. The second-order valence-corrected chi connectivity index (χ2v) is 12.5. The summed E-state index contributed by atoms with van der Waals surface area (Å²) in [5, 5.41) is 1.37. The Labute approximate surface area is 236 Å². The van der Waals surface area contributed by atoms with Crippen LogP contribution in [-0.4, -0.2) is 22.9 Å². The van der Waals surface area contributed by atoms with E-state index in [1.807, 2.05) is 72.8 Å². The standard InChI is InChI=1S/C35H33N2O2P/c38-40(31-19-9-3-10-20-31,32-21-11-4-12-22-32)39-34-24-14-13-23-33(34)35-36(27-29-15-5-1-6-16-29)25-26-37(35)28-30-17-7-2-8-18-30/h1-24,35H,25-28H2. The fourth-order valence-corrected chi connectivity index (χ4v) is 7.59. The van der Waals surface area contributed by atoms with Gasteiger partial charge in [0.2, 0.25) is 0 Å². The summed E-state index contributed by atoms with van der Waals surface area (Å²) >= 11 is 0. The van der Waals surface area contributed by atoms with Gasteiger partial charge < -0.3 is 4.52 Å². The minimum Gasteiger partial charge on any atom is -0.436 e. The van der Waals surface area contributed by atoms with Crippen molar-refractivity contribution in [3.8, 4) is 5.75 Å². The van der Waals surface area contributed by atoms with Gasteiger partial charge in [-0.3, -0.25) is 14.4 Å². The highest BCUT2D eigenvalue weighted by molar-refractivity contribution is 7.74. The summed E-state index contributed by atoms with van der Waals surface area (Å²) in [6, 6.07) is 48.5. The van der Waals surface area contributed by atoms with Crippen molar-refractivity contribution in [3.05, 3.63) is 162 Å². The molecular weight excluding hydrogens is 511 g/mol. The Morgan fingerprint density at radius 2 is 0.950 bits per heavy atom. The number of nitrogens with zero attached hydrogens (tertiary/aromatic N) is 2. The third-order valence-corrected chi connectivity index (χ3v) is 9.85. The van der Waals surface area contributed by atoms with Crippen LogP contribution < -0.4 is 15.1 Å². The van der Waals surface area contributed by atoms with Crippen LogP contribution in [0, 0.1) is 0 Å². The lowest BCUT2D eigenvalue weighted by Crippen LogP contribution is -2.31. The Bertz CT molecular complexity index is 1470. The molecule has 40 heavy (non-hydrogen) atoms. The molecule has 1 heterocycles. The molecule has 0 N–H and O–H groups in total. The van der Waals surface area contributed by atoms with Crippen molar-refractivity contribution >= 4 is 18.0 Å². The molecule has 0 spiro atoms. The maximum absolute atomic E-state index is 14.8. The maximum Gasteiger partial charge on any atom is 0.306 e. The summed E-state index contributed by atoms with van der Waals surface area (Å²) in [5.41, 5.74) is 3.57. The zero-order chi connectivity index (χ0) is 27.2. The van der Waals surface area contributed by atoms with E-state index >= 15 is 0 Å². The lowest BCUT2D eigenvalue weighted by atomic mass is 10.1. The summed E-state index contributed by atoms with van der Waals surface area (Å²) in [5.74, 6) is 0.654. The van der Waals surface area contributed by atoms with Gasteiger partial charge in [-0.1, -0.05) is 115 Å². The van der Waals surface area contributed by atoms with Crippen LogP contribution in [0.15, 0.2) is 146 Å². The zero-order valence-electron chi connectivity index (χ0n) is 22.4. The average Bonchev–Trinajstić information content (AvgIpc) is 3.40. The minimum absolute atomic E-state index is 0.0309. The topological polar surface area (TPSA) is 32.8 Å². The van der Waals surface area contributed by atoms with Crippen molar-refractivity contribution in [2.45, 2.75) is 19.3 Å². The van der Waals surface area contributed by atoms with E-state index in [0.717, 1.165) is 31.7 Å². The van der Waals surface area contributed by atoms with E-state index in [1.165, 1.54) is 11.1 Å². The molecule has 0 amide bonds. The Morgan fingerprint density at radius 1 is 0.550 bits per heavy atom. The molecular formula is C35H33N2O2P. The van der Waals surface area contributed by atoms with Crippen LogP contribution in [0.2, 0.25) is 0 Å². The molecule has 1 aliphatic rings. The van der Waals surface area contributed by atoms with Gasteiger partial charge in [-0.25, -0.2) is 0 Å². The smallest absolute Gasteiger partial charge is 0.306 e. The van der Waals surface area contributed by atoms with Crippen LogP contribution in [0.25, 0.3) is 0 Å². The SMILES string of the molecule is O=P(Oc1ccccc1C1N(Cc2ccccc2)CCN1Cc1ccccc1)(c1ccccc1)c1ccccc1. The van der Waals surface area contributed by atoms with Crippen molar-refractivity contribution < 1.29 is 9.09 Å². The van der Waals surface area contributed by atoms with E-state index in [0.29, 0.717) is 16.4 Å². The Morgan fingerprint density at radius 3 is 1.43 bits per heavy atom. The maximum atomic E-state index is 14.8. The van der Waals surface area contributed by atoms with Gasteiger partial charge in [0.05, 0.1) is 16.8 Å². The first kappa shape index (κ1) is 26.3. The number of benzene rings is 5. The molecule has 5 aromatic carbocycles. The highest BCUT2D eigenvalue weighted by Crippen LogP contribution is 2.48. The normalized spacial score (nSPS) is 14.8. The summed E-state index contributed by atoms with van der Waals surface area (Å²) in [4.78, 5) is 4.99. The second-order valence-electron chi connectivity index (χ2n) is 10.1. The van der Waals surface area contributed by atoms with Crippen LogP contribution in [-0.2, 0) is 17.7 Å². The molecule has 0 aromatic heterocycles. The van der Waals surface area contributed by atoms with E-state index in [1.54, 1.807) is 0 Å². The van der Waals surface area contributed by atoms with Crippen LogP contribution in [0.1, 0.15) is 22.9 Å². The first-order valence-electron chi connectivity index (χ1n) is 13.8. The van der Waals surface area contributed by atoms with Crippen LogP contribution >= 0.6 is 7.37 Å². The average molecular weight is 545 g/mol. The van der Waals surface area contributed by atoms with Gasteiger partial charge in [-0.15, -0.1) is 0 Å². The van der Waals surface area contributed by atoms with Crippen molar-refractivity contribution in [2.24, 2.45) is 0 Å². The van der Waals surface area contributed by atoms with Gasteiger partial charge in [0.25, 0.3) is 0 Å². The molecule has 1 fully saturated rings. The van der Waals surface area contributed by atoms with E-state index in [-0.39, 0.29) is 6.17 Å². The number of hydrogen-bond donors (Lipinski definition) is 0. The molecule has 0 bridgehead atoms. The summed E-state index contributed by atoms with van der Waals surface area (Å²) in [6.45, 7) is 3.49. The lowest BCUT2D eigenvalue weighted by molar-refractivity contribution is 0.124. The predicted octanol–water partition coefficient (Wildman–Crippen LogP) is 7.01. The molecule has 0 aliphatic carbocycles. The number of hydrogen-bond acceptors (Lipinski definition) is 4. The molecule has 0 saturated carbocycles. The molecule has 6 rings (SSSR count). The third kappa shape index (κ3) is 5.66. The lowest BCUT2D eigenvalue weighted by Gasteiger charge is -2.33. The molecule has 0 unspecified atom stereocenters. The Hall–Kier alpha value is -3.95. The largest absolute Gasteiger partial charge is 0.436 e. The van der Waals surface area contributed by atoms with Crippen molar-refractivity contribution in [1.82, 2.24) is 9.80 Å². The van der Waals surface area contributed by atoms with Crippen LogP contribution in [0.5, 0.6) is 5.75 Å². The van der Waals surface area contributed by atoms with Gasteiger partial charge in [0, 0.05) is 31.7 Å². The van der Waals surface area contributed by atoms with E-state index in [9.17, 15) is 4.57 Å². The first-order chi connectivity index (χ1) is 19.7. The Balaban J connectivity index is 1.41. The van der Waals surface area contributed by atoms with Gasteiger partial charge in [-0.2, -0.15) is 0 Å². The molecule has 5 aromatic rings. The highest BCUT2D eigenvalue weighted by atomic mass is 31.2. The fourth-order valence-electron chi connectivity index (χ4n) is 5.51. The van der Waals surface area contributed by atoms with Crippen LogP contribution in [0.4, 0.5) is 0 Å². The van der Waals surface area contributed by atoms with Gasteiger partial charge in [-0.05, 0) is 41.5 Å². The van der Waals surface area contributed by atoms with Crippen molar-refractivity contribution in [3.63, 3.8) is 0 Å². The minimum atomic E-state index is -3.42. The van der Waals surface area contributed by atoms with E-state index < -0.39 is 7.37 Å². The monoisotopic (exact) mass is 544 g/mol. The van der Waals surface area contributed by atoms with E-state index in [4.69, 9.17) is 4.52 Å². The summed E-state index contributed by atoms with van der Waals surface area (Å²) < 4.78 is 21.6. The van der Waals surface area contributed by atoms with Gasteiger partial charge >= 0.3 is 7.37 Å². The van der Waals surface area contributed by atoms with Crippen molar-refractivity contribution in [1.29, 1.82) is 0 Å². The molecule has 0 radical (unpaired) electrons. The van der Waals surface area contributed by atoms with Gasteiger partial charge in [0.15, 0.2) is 0 Å². The number of para-hydroxylation sites is 1. The summed E-state index contributed by atoms with van der Waals surface area (Å²) in [6.07, 6.45) is -0.0309. The molecule has 200 valence electrons.